The van der Waals surface area contributed by atoms with E-state index < -0.39 is 41.9 Å². The summed E-state index contributed by atoms with van der Waals surface area (Å²) < 4.78 is 102. The predicted octanol–water partition coefficient (Wildman–Crippen LogP) is 5.13. The van der Waals surface area contributed by atoms with Crippen LogP contribution in [0.5, 0.6) is 5.75 Å². The summed E-state index contributed by atoms with van der Waals surface area (Å²) in [4.78, 5) is 49.4. The van der Waals surface area contributed by atoms with E-state index in [0.717, 1.165) is 56.0 Å². The maximum absolute atomic E-state index is 14.1. The van der Waals surface area contributed by atoms with E-state index in [1.54, 1.807) is 19.5 Å². The second-order valence-electron chi connectivity index (χ2n) is 11.7. The van der Waals surface area contributed by atoms with E-state index in [0.29, 0.717) is 6.54 Å². The van der Waals surface area contributed by atoms with Crippen molar-refractivity contribution in [1.29, 1.82) is 0 Å². The number of rotatable bonds is 6. The number of halogens is 9. The number of ether oxygens (including phenoxy) is 1. The van der Waals surface area contributed by atoms with E-state index in [-0.39, 0.29) is 11.8 Å². The SMILES string of the molecule is COc1ccc(CN2C[C@@H](c3ccnn3C)[C@@]3(CCCN(Cc4ccncc4)C3=O)C2)cc1.O=C(O)C(F)(F)F.O=C(O)C(F)(F)F.O=C(O)C(F)(F)F. The third-order valence-corrected chi connectivity index (χ3v) is 8.01. The number of carboxylic acid groups (broad SMARTS) is 3. The van der Waals surface area contributed by atoms with Crippen LogP contribution >= 0.6 is 0 Å². The Kier molecular flexibility index (Phi) is 15.4. The Bertz CT molecular complexity index is 1640. The highest BCUT2D eigenvalue weighted by molar-refractivity contribution is 5.85. The van der Waals surface area contributed by atoms with E-state index in [1.807, 2.05) is 42.2 Å². The van der Waals surface area contributed by atoms with Crippen LogP contribution in [0.15, 0.2) is 61.1 Å². The molecule has 13 nitrogen and oxygen atoms in total. The molecule has 2 aliphatic heterocycles. The van der Waals surface area contributed by atoms with Gasteiger partial charge in [-0.1, -0.05) is 12.1 Å². The van der Waals surface area contributed by atoms with Crippen molar-refractivity contribution >= 4 is 23.8 Å². The van der Waals surface area contributed by atoms with Crippen molar-refractivity contribution in [1.82, 2.24) is 24.6 Å². The molecule has 3 aromatic rings. The minimum absolute atomic E-state index is 0.121. The number of aromatic nitrogens is 3. The molecule has 2 aliphatic rings. The molecule has 298 valence electrons. The average molecular weight is 788 g/mol. The molecular weight excluding hydrogens is 753 g/mol. The standard InChI is InChI=1S/C26H31N5O2.3C2HF3O2/c1-29-24(10-14-28-29)23-18-30(16-20-4-6-22(33-2)7-5-20)19-26(23)11-3-15-31(25(26)32)17-21-8-12-27-13-9-21;3*3-2(4,5)1(6)7/h4-10,12-14,23H,3,11,15-19H2,1-2H3;3*(H,6,7)/t23-,26+;;;/m0.../s1. The number of aryl methyl sites for hydroxylation is 1. The van der Waals surface area contributed by atoms with Gasteiger partial charge >= 0.3 is 36.4 Å². The van der Waals surface area contributed by atoms with Gasteiger partial charge in [0, 0.05) is 70.0 Å². The first kappa shape index (κ1) is 44.7. The molecule has 0 radical (unpaired) electrons. The van der Waals surface area contributed by atoms with Crippen LogP contribution in [0.2, 0.25) is 0 Å². The van der Waals surface area contributed by atoms with Gasteiger partial charge in [0.2, 0.25) is 5.91 Å². The number of amides is 1. The van der Waals surface area contributed by atoms with Gasteiger partial charge in [0.25, 0.3) is 0 Å². The van der Waals surface area contributed by atoms with Crippen molar-refractivity contribution < 1.29 is 78.7 Å². The van der Waals surface area contributed by atoms with Gasteiger partial charge in [0.05, 0.1) is 12.5 Å². The monoisotopic (exact) mass is 787 g/mol. The summed E-state index contributed by atoms with van der Waals surface area (Å²) in [5, 5.41) is 25.8. The van der Waals surface area contributed by atoms with Crippen LogP contribution in [0.3, 0.4) is 0 Å². The van der Waals surface area contributed by atoms with Crippen molar-refractivity contribution in [2.75, 3.05) is 26.7 Å². The van der Waals surface area contributed by atoms with Crippen LogP contribution in [-0.4, -0.2) is 109 Å². The van der Waals surface area contributed by atoms with Gasteiger partial charge in [-0.05, 0) is 54.3 Å². The van der Waals surface area contributed by atoms with Crippen LogP contribution < -0.4 is 4.74 Å². The lowest BCUT2D eigenvalue weighted by Crippen LogP contribution is -2.52. The largest absolute Gasteiger partial charge is 0.497 e. The first-order chi connectivity index (χ1) is 24.9. The zero-order chi connectivity index (χ0) is 41.1. The molecular formula is C32H34F9N5O8. The summed E-state index contributed by atoms with van der Waals surface area (Å²) >= 11 is 0. The molecule has 2 fully saturated rings. The van der Waals surface area contributed by atoms with Crippen LogP contribution in [0.25, 0.3) is 0 Å². The molecule has 2 saturated heterocycles. The number of hydrogen-bond donors (Lipinski definition) is 3. The van der Waals surface area contributed by atoms with Gasteiger partial charge in [0.1, 0.15) is 5.75 Å². The zero-order valence-corrected chi connectivity index (χ0v) is 28.3. The number of carbonyl (C=O) groups excluding carboxylic acids is 1. The van der Waals surface area contributed by atoms with Crippen molar-refractivity contribution in [3.05, 3.63) is 77.9 Å². The minimum Gasteiger partial charge on any atom is -0.497 e. The van der Waals surface area contributed by atoms with Crippen LogP contribution in [-0.2, 0) is 39.3 Å². The summed E-state index contributed by atoms with van der Waals surface area (Å²) in [7, 11) is 3.67. The fourth-order valence-electron chi connectivity index (χ4n) is 5.66. The highest BCUT2D eigenvalue weighted by Gasteiger charge is 2.55. The first-order valence-electron chi connectivity index (χ1n) is 15.3. The van der Waals surface area contributed by atoms with E-state index in [2.05, 4.69) is 38.1 Å². The van der Waals surface area contributed by atoms with Gasteiger partial charge in [-0.2, -0.15) is 44.6 Å². The fourth-order valence-corrected chi connectivity index (χ4v) is 5.66. The second kappa shape index (κ2) is 18.6. The summed E-state index contributed by atoms with van der Waals surface area (Å²) in [6.07, 6.45) is -7.89. The number of hydrogen-bond acceptors (Lipinski definition) is 8. The number of likely N-dealkylation sites (tertiary alicyclic amines) is 2. The van der Waals surface area contributed by atoms with E-state index in [1.165, 1.54) is 5.56 Å². The van der Waals surface area contributed by atoms with Crippen molar-refractivity contribution in [2.24, 2.45) is 12.5 Å². The predicted molar refractivity (Wildman–Crippen MR) is 167 cm³/mol. The quantitative estimate of drug-likeness (QED) is 0.283. The molecule has 3 N–H and O–H groups in total. The van der Waals surface area contributed by atoms with E-state index in [9.17, 15) is 44.3 Å². The number of pyridine rings is 1. The summed E-state index contributed by atoms with van der Waals surface area (Å²) in [6.45, 7) is 3.87. The molecule has 2 aromatic heterocycles. The fraction of sp³-hybridized carbons (Fsp3) is 0.438. The summed E-state index contributed by atoms with van der Waals surface area (Å²) in [5.74, 6) is -7.02. The molecule has 22 heteroatoms. The Morgan fingerprint density at radius 2 is 1.28 bits per heavy atom. The third-order valence-electron chi connectivity index (χ3n) is 8.01. The number of carbonyl (C=O) groups is 4. The number of aliphatic carboxylic acids is 3. The molecule has 1 amide bonds. The molecule has 54 heavy (non-hydrogen) atoms. The molecule has 0 unspecified atom stereocenters. The molecule has 0 aliphatic carbocycles. The van der Waals surface area contributed by atoms with Crippen molar-refractivity contribution in [2.45, 2.75) is 50.4 Å². The zero-order valence-electron chi connectivity index (χ0n) is 28.3. The highest BCUT2D eigenvalue weighted by atomic mass is 19.4. The van der Waals surface area contributed by atoms with E-state index >= 15 is 0 Å². The third kappa shape index (κ3) is 12.9. The number of methoxy groups -OCH3 is 1. The Labute approximate surface area is 300 Å². The number of benzene rings is 1. The first-order valence-corrected chi connectivity index (χ1v) is 15.3. The van der Waals surface area contributed by atoms with Gasteiger partial charge in [-0.15, -0.1) is 0 Å². The van der Waals surface area contributed by atoms with E-state index in [4.69, 9.17) is 34.4 Å². The Hall–Kier alpha value is -5.41. The molecule has 4 heterocycles. The maximum Gasteiger partial charge on any atom is 0.490 e. The highest BCUT2D eigenvalue weighted by Crippen LogP contribution is 2.49. The normalized spacial score (nSPS) is 18.7. The molecule has 1 aromatic carbocycles. The van der Waals surface area contributed by atoms with Gasteiger partial charge < -0.3 is 25.0 Å². The lowest BCUT2D eigenvalue weighted by molar-refractivity contribution is -0.193. The smallest absolute Gasteiger partial charge is 0.490 e. The van der Waals surface area contributed by atoms with Crippen LogP contribution in [0.4, 0.5) is 39.5 Å². The molecule has 5 rings (SSSR count). The average Bonchev–Trinajstić information content (AvgIpc) is 3.66. The number of alkyl halides is 9. The van der Waals surface area contributed by atoms with Gasteiger partial charge in [0.15, 0.2) is 0 Å². The van der Waals surface area contributed by atoms with Crippen LogP contribution in [0, 0.1) is 5.41 Å². The van der Waals surface area contributed by atoms with Crippen molar-refractivity contribution in [3.8, 4) is 5.75 Å². The Balaban J connectivity index is 0.000000393. The Morgan fingerprint density at radius 1 is 0.796 bits per heavy atom. The second-order valence-corrected chi connectivity index (χ2v) is 11.7. The van der Waals surface area contributed by atoms with Gasteiger partial charge in [-0.3, -0.25) is 19.4 Å². The number of carboxylic acids is 3. The Morgan fingerprint density at radius 3 is 1.70 bits per heavy atom. The van der Waals surface area contributed by atoms with Crippen molar-refractivity contribution in [3.63, 3.8) is 0 Å². The number of piperidine rings is 1. The van der Waals surface area contributed by atoms with Crippen LogP contribution in [0.1, 0.15) is 35.6 Å². The molecule has 0 saturated carbocycles. The molecule has 2 atom stereocenters. The maximum atomic E-state index is 14.1. The number of nitrogens with zero attached hydrogens (tertiary/aromatic N) is 5. The summed E-state index contributed by atoms with van der Waals surface area (Å²) in [5.41, 5.74) is 3.08. The molecule has 0 bridgehead atoms. The minimum atomic E-state index is -5.08. The summed E-state index contributed by atoms with van der Waals surface area (Å²) in [6, 6.07) is 14.3. The lowest BCUT2D eigenvalue weighted by atomic mass is 9.70. The lowest BCUT2D eigenvalue weighted by Gasteiger charge is -2.42. The molecule has 1 spiro atoms. The van der Waals surface area contributed by atoms with Gasteiger partial charge in [-0.25, -0.2) is 14.4 Å². The topological polar surface area (TPSA) is 175 Å².